The van der Waals surface area contributed by atoms with Crippen molar-refractivity contribution in [2.24, 2.45) is 5.41 Å². The fraction of sp³-hybridized carbons (Fsp3) is 0.318. The summed E-state index contributed by atoms with van der Waals surface area (Å²) in [4.78, 5) is 10.3. The Morgan fingerprint density at radius 3 is 2.15 bits per heavy atom. The van der Waals surface area contributed by atoms with E-state index in [4.69, 9.17) is 14.4 Å². The molecule has 1 aliphatic rings. The van der Waals surface area contributed by atoms with E-state index < -0.39 is 5.89 Å². The summed E-state index contributed by atoms with van der Waals surface area (Å²) in [5, 5.41) is 2.01. The molecule has 0 spiro atoms. The van der Waals surface area contributed by atoms with Gasteiger partial charge in [0.05, 0.1) is 28.0 Å². The fourth-order valence-electron chi connectivity index (χ4n) is 7.61. The first-order valence-electron chi connectivity index (χ1n) is 18.1. The molecule has 4 aromatic carbocycles. The number of aromatic nitrogens is 3. The number of furan rings is 1. The van der Waals surface area contributed by atoms with Crippen LogP contribution < -0.4 is 0 Å². The van der Waals surface area contributed by atoms with Crippen LogP contribution in [0.1, 0.15) is 103 Å². The van der Waals surface area contributed by atoms with E-state index in [1.807, 2.05) is 0 Å². The lowest BCUT2D eigenvalue weighted by Crippen LogP contribution is -2.20. The Morgan fingerprint density at radius 2 is 1.44 bits per heavy atom. The van der Waals surface area contributed by atoms with Gasteiger partial charge >= 0.3 is 0 Å². The monoisotopic (exact) mass is 632 g/mol. The van der Waals surface area contributed by atoms with Crippen LogP contribution in [0.3, 0.4) is 0 Å². The fourth-order valence-corrected chi connectivity index (χ4v) is 7.61. The molecule has 0 N–H and O–H groups in total. The van der Waals surface area contributed by atoms with Crippen LogP contribution in [-0.4, -0.2) is 14.5 Å². The number of benzene rings is 4. The number of nitrogens with zero attached hydrogens (tertiary/aromatic N) is 3. The maximum atomic E-state index is 9.21. The van der Waals surface area contributed by atoms with E-state index in [0.29, 0.717) is 23.0 Å². The zero-order valence-electron chi connectivity index (χ0n) is 30.0. The van der Waals surface area contributed by atoms with Crippen molar-refractivity contribution in [3.05, 3.63) is 114 Å². The van der Waals surface area contributed by atoms with Gasteiger partial charge in [-0.15, -0.1) is 0 Å². The Hall–Kier alpha value is -4.70. The molecule has 7 aromatic rings. The predicted octanol–water partition coefficient (Wildman–Crippen LogP) is 12.6. The number of hydrogen-bond donors (Lipinski definition) is 0. The smallest absolute Gasteiger partial charge is 0.227 e. The van der Waals surface area contributed by atoms with Gasteiger partial charge in [-0.2, -0.15) is 0 Å². The second kappa shape index (κ2) is 11.8. The van der Waals surface area contributed by atoms with Crippen molar-refractivity contribution in [2.45, 2.75) is 85.0 Å². The summed E-state index contributed by atoms with van der Waals surface area (Å²) in [5.74, 6) is 1.03. The summed E-state index contributed by atoms with van der Waals surface area (Å²) in [5.41, 5.74) is 11.5. The SMILES string of the molecule is [2H]C1(c2ccc(-c3ccc4c(n3)oc3c(-c5nc6ccccc6n5-c5c(C(C)C)cccc5C(C)C)cccc34)cc2)CCC(C)(C)CC1. The summed E-state index contributed by atoms with van der Waals surface area (Å²) >= 11 is 0. The van der Waals surface area contributed by atoms with Gasteiger partial charge in [-0.05, 0) is 95.9 Å². The highest BCUT2D eigenvalue weighted by Crippen LogP contribution is 2.43. The molecule has 0 saturated heterocycles. The van der Waals surface area contributed by atoms with Crippen LogP contribution in [0.15, 0.2) is 101 Å². The van der Waals surface area contributed by atoms with Crippen molar-refractivity contribution in [2.75, 3.05) is 0 Å². The third-order valence-electron chi connectivity index (χ3n) is 10.5. The molecule has 3 heterocycles. The zero-order valence-corrected chi connectivity index (χ0v) is 29.0. The zero-order chi connectivity index (χ0) is 34.1. The minimum absolute atomic E-state index is 0.332. The Bertz CT molecular complexity index is 2300. The molecular weight excluding hydrogens is 587 g/mol. The van der Waals surface area contributed by atoms with Gasteiger partial charge in [0.1, 0.15) is 11.4 Å². The van der Waals surface area contributed by atoms with E-state index in [1.54, 1.807) is 0 Å². The van der Waals surface area contributed by atoms with Crippen LogP contribution >= 0.6 is 0 Å². The van der Waals surface area contributed by atoms with Gasteiger partial charge in [-0.25, -0.2) is 9.97 Å². The first-order chi connectivity index (χ1) is 23.5. The molecule has 242 valence electrons. The molecule has 0 aliphatic heterocycles. The minimum Gasteiger partial charge on any atom is -0.437 e. The van der Waals surface area contributed by atoms with Crippen molar-refractivity contribution in [1.29, 1.82) is 0 Å². The van der Waals surface area contributed by atoms with Gasteiger partial charge in [0.15, 0.2) is 0 Å². The number of imidazole rings is 1. The van der Waals surface area contributed by atoms with Gasteiger partial charge in [-0.1, -0.05) is 108 Å². The van der Waals surface area contributed by atoms with Crippen molar-refractivity contribution in [1.82, 2.24) is 14.5 Å². The standard InChI is InChI=1S/C44H45N3O/c1-27(2)32-11-9-12-33(28(3)4)40(32)47-39-16-8-7-15-38(39)45-42(47)36-14-10-13-34-35-21-22-37(46-43(35)48-41(34)36)31-19-17-29(18-20-31)30-23-25-44(5,6)26-24-30/h7-22,27-28,30H,23-26H2,1-6H3/i30D. The van der Waals surface area contributed by atoms with E-state index in [9.17, 15) is 1.37 Å². The number of fused-ring (bicyclic) bond motifs is 4. The summed E-state index contributed by atoms with van der Waals surface area (Å²) in [6.45, 7) is 13.7. The number of para-hydroxylation sites is 4. The first-order valence-corrected chi connectivity index (χ1v) is 17.6. The second-order valence-electron chi connectivity index (χ2n) is 15.0. The number of pyridine rings is 1. The second-order valence-corrected chi connectivity index (χ2v) is 15.0. The van der Waals surface area contributed by atoms with Gasteiger partial charge in [0, 0.05) is 17.7 Å². The van der Waals surface area contributed by atoms with Crippen molar-refractivity contribution in [3.8, 4) is 28.3 Å². The van der Waals surface area contributed by atoms with Crippen LogP contribution in [0.4, 0.5) is 0 Å². The molecule has 4 nitrogen and oxygen atoms in total. The Labute approximate surface area is 285 Å². The lowest BCUT2D eigenvalue weighted by Gasteiger charge is -2.34. The quantitative estimate of drug-likeness (QED) is 0.183. The molecule has 0 amide bonds. The molecule has 3 aromatic heterocycles. The third-order valence-corrected chi connectivity index (χ3v) is 10.5. The first kappa shape index (κ1) is 29.4. The van der Waals surface area contributed by atoms with Gasteiger partial charge in [0.2, 0.25) is 5.71 Å². The topological polar surface area (TPSA) is 43.9 Å². The van der Waals surface area contributed by atoms with E-state index >= 15 is 0 Å². The van der Waals surface area contributed by atoms with Gasteiger partial charge < -0.3 is 4.42 Å². The maximum absolute atomic E-state index is 9.21. The predicted molar refractivity (Wildman–Crippen MR) is 200 cm³/mol. The molecule has 1 saturated carbocycles. The summed E-state index contributed by atoms with van der Waals surface area (Å²) in [6, 6.07) is 34.2. The highest BCUT2D eigenvalue weighted by Gasteiger charge is 2.28. The van der Waals surface area contributed by atoms with Crippen molar-refractivity contribution >= 4 is 33.1 Å². The Balaban J connectivity index is 1.25. The molecule has 48 heavy (non-hydrogen) atoms. The largest absolute Gasteiger partial charge is 0.437 e. The highest BCUT2D eigenvalue weighted by atomic mass is 16.3. The number of rotatable bonds is 6. The van der Waals surface area contributed by atoms with E-state index in [2.05, 4.69) is 143 Å². The molecule has 1 fully saturated rings. The third kappa shape index (κ3) is 5.23. The average molecular weight is 633 g/mol. The average Bonchev–Trinajstić information content (AvgIpc) is 3.67. The molecule has 0 radical (unpaired) electrons. The lowest BCUT2D eigenvalue weighted by atomic mass is 9.71. The normalized spacial score (nSPS) is 16.4. The Morgan fingerprint density at radius 1 is 0.750 bits per heavy atom. The van der Waals surface area contributed by atoms with Crippen LogP contribution in [0.25, 0.3) is 61.4 Å². The summed E-state index contributed by atoms with van der Waals surface area (Å²) in [7, 11) is 0. The van der Waals surface area contributed by atoms with E-state index in [-0.39, 0.29) is 0 Å². The molecular formula is C44H45N3O. The molecule has 4 heteroatoms. The lowest BCUT2D eigenvalue weighted by molar-refractivity contribution is 0.224. The number of hydrogen-bond acceptors (Lipinski definition) is 3. The maximum Gasteiger partial charge on any atom is 0.227 e. The van der Waals surface area contributed by atoms with Crippen LogP contribution in [0, 0.1) is 5.41 Å². The van der Waals surface area contributed by atoms with Gasteiger partial charge in [0.25, 0.3) is 0 Å². The molecule has 8 rings (SSSR count). The van der Waals surface area contributed by atoms with Gasteiger partial charge in [-0.3, -0.25) is 4.57 Å². The van der Waals surface area contributed by atoms with Crippen LogP contribution in [-0.2, 0) is 0 Å². The van der Waals surface area contributed by atoms with Crippen molar-refractivity contribution < 1.29 is 5.79 Å². The van der Waals surface area contributed by atoms with E-state index in [0.717, 1.165) is 81.3 Å². The minimum atomic E-state index is -0.511. The highest BCUT2D eigenvalue weighted by molar-refractivity contribution is 6.09. The molecule has 1 aliphatic carbocycles. The summed E-state index contributed by atoms with van der Waals surface area (Å²) in [6.07, 6.45) is 3.98. The molecule has 0 unspecified atom stereocenters. The van der Waals surface area contributed by atoms with E-state index in [1.165, 1.54) is 16.8 Å². The molecule has 0 bridgehead atoms. The van der Waals surface area contributed by atoms with Crippen molar-refractivity contribution in [3.63, 3.8) is 0 Å². The van der Waals surface area contributed by atoms with Crippen LogP contribution in [0.5, 0.6) is 0 Å². The Kier molecular flexibility index (Phi) is 7.22. The molecule has 0 atom stereocenters. The van der Waals surface area contributed by atoms with Crippen LogP contribution in [0.2, 0.25) is 0 Å². The summed E-state index contributed by atoms with van der Waals surface area (Å²) < 4.78 is 18.3.